The van der Waals surface area contributed by atoms with Crippen LogP contribution in [0.5, 0.6) is 0 Å². The average Bonchev–Trinajstić information content (AvgIpc) is 3.21. The van der Waals surface area contributed by atoms with Crippen molar-refractivity contribution in [2.24, 2.45) is 0 Å². The first-order chi connectivity index (χ1) is 10.2. The van der Waals surface area contributed by atoms with Gasteiger partial charge in [-0.25, -0.2) is 8.42 Å². The summed E-state index contributed by atoms with van der Waals surface area (Å²) < 4.78 is 31.2. The van der Waals surface area contributed by atoms with Gasteiger partial charge in [0.1, 0.15) is 6.04 Å². The van der Waals surface area contributed by atoms with E-state index >= 15 is 0 Å². The zero-order valence-electron chi connectivity index (χ0n) is 13.4. The third kappa shape index (κ3) is 3.77. The molecule has 1 heterocycles. The van der Waals surface area contributed by atoms with Crippen LogP contribution in [-0.2, 0) is 19.6 Å². The molecule has 22 heavy (non-hydrogen) atoms. The summed E-state index contributed by atoms with van der Waals surface area (Å²) >= 11 is 0. The number of rotatable bonds is 6. The lowest BCUT2D eigenvalue weighted by Gasteiger charge is -2.16. The van der Waals surface area contributed by atoms with Gasteiger partial charge in [-0.15, -0.1) is 0 Å². The topological polar surface area (TPSA) is 63.5 Å². The predicted octanol–water partition coefficient (Wildman–Crippen LogP) is 2.25. The number of hydrogen-bond donors (Lipinski definition) is 0. The van der Waals surface area contributed by atoms with E-state index in [9.17, 15) is 13.2 Å². The van der Waals surface area contributed by atoms with Crippen LogP contribution in [-0.4, -0.2) is 45.7 Å². The summed E-state index contributed by atoms with van der Waals surface area (Å²) in [5.41, 5.74) is 0.828. The van der Waals surface area contributed by atoms with Crippen LogP contribution in [0.3, 0.4) is 0 Å². The Hall–Kier alpha value is -1.18. The van der Waals surface area contributed by atoms with E-state index in [0.29, 0.717) is 6.04 Å². The molecule has 1 aliphatic heterocycles. The van der Waals surface area contributed by atoms with E-state index in [1.165, 1.54) is 11.4 Å². The molecule has 0 saturated carbocycles. The lowest BCUT2D eigenvalue weighted by molar-refractivity contribution is -0.140. The summed E-state index contributed by atoms with van der Waals surface area (Å²) in [6, 6.07) is 8.76. The monoisotopic (exact) mass is 341 g/mol. The quantitative estimate of drug-likeness (QED) is 0.452. The van der Waals surface area contributed by atoms with Crippen LogP contribution in [0, 0.1) is 0 Å². The fraction of sp³-hybridized carbons (Fsp3) is 0.533. The third-order valence-electron chi connectivity index (χ3n) is 3.77. The van der Waals surface area contributed by atoms with Crippen LogP contribution in [0.1, 0.15) is 11.6 Å². The van der Waals surface area contributed by atoms with E-state index in [4.69, 9.17) is 4.74 Å². The normalized spacial score (nSPS) is 24.8. The molecule has 1 fully saturated rings. The zero-order chi connectivity index (χ0) is 16.5. The zero-order valence-corrected chi connectivity index (χ0v) is 15.3. The Kier molecular flexibility index (Phi) is 4.79. The second kappa shape index (κ2) is 6.14. The van der Waals surface area contributed by atoms with Crippen molar-refractivity contribution in [1.29, 1.82) is 0 Å². The van der Waals surface area contributed by atoms with Gasteiger partial charge in [0.15, 0.2) is 0 Å². The Morgan fingerprint density at radius 3 is 2.32 bits per heavy atom. The molecule has 1 aliphatic rings. The van der Waals surface area contributed by atoms with E-state index in [2.05, 4.69) is 19.6 Å². The largest absolute Gasteiger partial charge is 0.468 e. The molecule has 0 bridgehead atoms. The molecule has 1 saturated heterocycles. The lowest BCUT2D eigenvalue weighted by atomic mass is 10.1. The van der Waals surface area contributed by atoms with Gasteiger partial charge in [-0.1, -0.05) is 50.0 Å². The number of benzene rings is 1. The van der Waals surface area contributed by atoms with Crippen molar-refractivity contribution in [3.63, 3.8) is 0 Å². The number of hydrogen-bond acceptors (Lipinski definition) is 4. The molecule has 7 heteroatoms. The van der Waals surface area contributed by atoms with Gasteiger partial charge < -0.3 is 4.74 Å². The molecular weight excluding hydrogens is 318 g/mol. The minimum Gasteiger partial charge on any atom is -0.468 e. The number of sulfonamides is 1. The van der Waals surface area contributed by atoms with Crippen molar-refractivity contribution in [1.82, 2.24) is 4.31 Å². The Morgan fingerprint density at radius 2 is 1.82 bits per heavy atom. The van der Waals surface area contributed by atoms with Crippen LogP contribution in [0.4, 0.5) is 0 Å². The predicted molar refractivity (Wildman–Crippen MR) is 88.8 cm³/mol. The number of nitrogens with zero attached hydrogens (tertiary/aromatic N) is 1. The maximum absolute atomic E-state index is 12.6. The maximum Gasteiger partial charge on any atom is 0.326 e. The second-order valence-corrected chi connectivity index (χ2v) is 14.4. The van der Waals surface area contributed by atoms with Crippen LogP contribution >= 0.6 is 0 Å². The van der Waals surface area contributed by atoms with Crippen LogP contribution in [0.15, 0.2) is 30.3 Å². The van der Waals surface area contributed by atoms with Crippen LogP contribution in [0.25, 0.3) is 0 Å². The fourth-order valence-electron chi connectivity index (χ4n) is 2.43. The molecule has 5 nitrogen and oxygen atoms in total. The Labute approximate surface area is 133 Å². The molecule has 2 rings (SSSR count). The van der Waals surface area contributed by atoms with Gasteiger partial charge in [0, 0.05) is 8.07 Å². The van der Waals surface area contributed by atoms with E-state index in [-0.39, 0.29) is 5.75 Å². The summed E-state index contributed by atoms with van der Waals surface area (Å²) in [4.78, 5) is 11.9. The molecule has 0 spiro atoms. The molecular formula is C15H23NO4SSi. The highest BCUT2D eigenvalue weighted by Gasteiger charge is 2.60. The highest BCUT2D eigenvalue weighted by Crippen LogP contribution is 2.46. The first-order valence-corrected chi connectivity index (χ1v) is 12.6. The van der Waals surface area contributed by atoms with Gasteiger partial charge in [0.05, 0.1) is 18.9 Å². The summed E-state index contributed by atoms with van der Waals surface area (Å²) in [6.07, 6.45) is 0. The minimum absolute atomic E-state index is 0.0968. The minimum atomic E-state index is -3.45. The molecule has 1 unspecified atom stereocenters. The SMILES string of the molecule is COC(=O)[C@@H]1[C@@H](c2ccccc2)N1S(=O)(=O)CC[Si](C)(C)C. The lowest BCUT2D eigenvalue weighted by Crippen LogP contribution is -2.28. The van der Waals surface area contributed by atoms with Crippen molar-refractivity contribution >= 4 is 24.1 Å². The molecule has 3 atom stereocenters. The fourth-order valence-corrected chi connectivity index (χ4v) is 7.20. The molecule has 122 valence electrons. The average molecular weight is 342 g/mol. The van der Waals surface area contributed by atoms with Gasteiger partial charge in [0.2, 0.25) is 10.0 Å². The molecule has 0 radical (unpaired) electrons. The Bertz CT molecular complexity index is 639. The Morgan fingerprint density at radius 1 is 1.23 bits per heavy atom. The van der Waals surface area contributed by atoms with Gasteiger partial charge in [-0.05, 0) is 11.6 Å². The molecule has 0 aliphatic carbocycles. The molecule has 0 N–H and O–H groups in total. The third-order valence-corrected chi connectivity index (χ3v) is 7.70. The van der Waals surface area contributed by atoms with E-state index in [1.54, 1.807) is 0 Å². The van der Waals surface area contributed by atoms with Crippen molar-refractivity contribution in [3.8, 4) is 0 Å². The molecule has 0 amide bonds. The standard InChI is InChI=1S/C15H23NO4SSi/c1-20-15(17)14-13(12-8-6-5-7-9-12)16(14)21(18,19)10-11-22(2,3)4/h5-9,13-14H,10-11H2,1-4H3/t13-,14+,16?/m1/s1. The number of carbonyl (C=O) groups is 1. The summed E-state index contributed by atoms with van der Waals surface area (Å²) in [7, 11) is -3.63. The smallest absolute Gasteiger partial charge is 0.326 e. The number of esters is 1. The van der Waals surface area contributed by atoms with Crippen molar-refractivity contribution in [2.75, 3.05) is 12.9 Å². The van der Waals surface area contributed by atoms with E-state index in [1.807, 2.05) is 30.3 Å². The van der Waals surface area contributed by atoms with E-state index in [0.717, 1.165) is 5.56 Å². The first-order valence-electron chi connectivity index (χ1n) is 7.31. The highest BCUT2D eigenvalue weighted by atomic mass is 32.2. The molecule has 1 aromatic carbocycles. The summed E-state index contributed by atoms with van der Waals surface area (Å²) in [6.45, 7) is 6.41. The van der Waals surface area contributed by atoms with Gasteiger partial charge in [0.25, 0.3) is 0 Å². The van der Waals surface area contributed by atoms with Crippen LogP contribution in [0.2, 0.25) is 25.7 Å². The van der Waals surface area contributed by atoms with Crippen molar-refractivity contribution in [2.45, 2.75) is 37.8 Å². The van der Waals surface area contributed by atoms with Crippen LogP contribution < -0.4 is 0 Å². The van der Waals surface area contributed by atoms with Gasteiger partial charge in [-0.3, -0.25) is 4.79 Å². The first kappa shape index (κ1) is 17.2. The van der Waals surface area contributed by atoms with Crippen molar-refractivity contribution < 1.29 is 17.9 Å². The summed E-state index contributed by atoms with van der Waals surface area (Å²) in [5.74, 6) is -0.398. The van der Waals surface area contributed by atoms with E-state index < -0.39 is 36.2 Å². The second-order valence-electron chi connectivity index (χ2n) is 6.78. The van der Waals surface area contributed by atoms with Gasteiger partial charge in [-0.2, -0.15) is 4.31 Å². The highest BCUT2D eigenvalue weighted by molar-refractivity contribution is 7.89. The molecule has 0 aromatic heterocycles. The van der Waals surface area contributed by atoms with Crippen molar-refractivity contribution in [3.05, 3.63) is 35.9 Å². The number of carbonyl (C=O) groups excluding carboxylic acids is 1. The molecule has 1 aromatic rings. The number of ether oxygens (including phenoxy) is 1. The number of methoxy groups -OCH3 is 1. The maximum atomic E-state index is 12.6. The van der Waals surface area contributed by atoms with Gasteiger partial charge >= 0.3 is 5.97 Å². The summed E-state index contributed by atoms with van der Waals surface area (Å²) in [5, 5.41) is 0. The Balaban J connectivity index is 2.22.